The van der Waals surface area contributed by atoms with Crippen molar-refractivity contribution < 1.29 is 0 Å². The lowest BCUT2D eigenvalue weighted by molar-refractivity contribution is 0.768. The van der Waals surface area contributed by atoms with E-state index < -0.39 is 5.41 Å². The summed E-state index contributed by atoms with van der Waals surface area (Å²) in [5.41, 5.74) is 14.9. The van der Waals surface area contributed by atoms with E-state index in [9.17, 15) is 0 Å². The smallest absolute Gasteiger partial charge is 0.0713 e. The standard InChI is InChI=1S/C49H32S.C5H8/c1-4-14-33(15-5-1)36-26-29-47-43(30-36)44-32-37(34-16-6-2-7-17-34)31-42(48(44)50-47)35-24-27-39(28-25-35)49(38-18-8-3-9-19-38)45-22-12-10-20-40(45)41-21-11-13-23-46(41)49;1-3-5-4-2/h1-32H;3-5H,1H2,2H3/b;5-4-. The highest BCUT2D eigenvalue weighted by molar-refractivity contribution is 7.26. The Bertz CT molecular complexity index is 2760. The van der Waals surface area contributed by atoms with Crippen molar-refractivity contribution in [2.24, 2.45) is 0 Å². The van der Waals surface area contributed by atoms with Gasteiger partial charge in [-0.25, -0.2) is 0 Å². The van der Waals surface area contributed by atoms with E-state index in [1.54, 1.807) is 6.08 Å². The molecule has 0 N–H and O–H groups in total. The average molecular weight is 721 g/mol. The first kappa shape index (κ1) is 34.2. The minimum absolute atomic E-state index is 0.403. The second kappa shape index (κ2) is 14.7. The molecule has 8 aromatic carbocycles. The topological polar surface area (TPSA) is 0 Å². The van der Waals surface area contributed by atoms with Crippen molar-refractivity contribution in [2.75, 3.05) is 0 Å². The summed E-state index contributed by atoms with van der Waals surface area (Å²) >= 11 is 1.90. The van der Waals surface area contributed by atoms with Gasteiger partial charge in [0.1, 0.15) is 0 Å². The minimum atomic E-state index is -0.403. The molecule has 1 heteroatoms. The van der Waals surface area contributed by atoms with E-state index in [1.807, 2.05) is 30.4 Å². The van der Waals surface area contributed by atoms with Crippen LogP contribution in [0.25, 0.3) is 64.7 Å². The first-order valence-corrected chi connectivity index (χ1v) is 19.7. The molecule has 0 spiro atoms. The summed E-state index contributed by atoms with van der Waals surface area (Å²) in [4.78, 5) is 0. The van der Waals surface area contributed by atoms with E-state index in [2.05, 4.69) is 201 Å². The van der Waals surface area contributed by atoms with Crippen molar-refractivity contribution in [1.29, 1.82) is 0 Å². The molecule has 0 atom stereocenters. The predicted octanol–water partition coefficient (Wildman–Crippen LogP) is 15.2. The van der Waals surface area contributed by atoms with Crippen LogP contribution in [0, 0.1) is 0 Å². The van der Waals surface area contributed by atoms with Gasteiger partial charge in [0.15, 0.2) is 0 Å². The molecule has 0 saturated carbocycles. The van der Waals surface area contributed by atoms with E-state index in [0.717, 1.165) is 0 Å². The lowest BCUT2D eigenvalue weighted by Gasteiger charge is -2.34. The zero-order chi connectivity index (χ0) is 37.2. The molecular weight excluding hydrogens is 681 g/mol. The number of hydrogen-bond donors (Lipinski definition) is 0. The lowest BCUT2D eigenvalue weighted by Crippen LogP contribution is -2.28. The third-order valence-electron chi connectivity index (χ3n) is 10.9. The Kier molecular flexibility index (Phi) is 9.16. The third kappa shape index (κ3) is 5.94. The number of benzene rings is 8. The summed E-state index contributed by atoms with van der Waals surface area (Å²) in [6, 6.07) is 71.7. The largest absolute Gasteiger partial charge is 0.135 e. The number of rotatable bonds is 6. The highest BCUT2D eigenvalue weighted by Gasteiger charge is 2.45. The van der Waals surface area contributed by atoms with E-state index in [-0.39, 0.29) is 0 Å². The van der Waals surface area contributed by atoms with Gasteiger partial charge >= 0.3 is 0 Å². The highest BCUT2D eigenvalue weighted by atomic mass is 32.1. The van der Waals surface area contributed by atoms with Crippen molar-refractivity contribution in [3.05, 3.63) is 241 Å². The van der Waals surface area contributed by atoms with Crippen molar-refractivity contribution >= 4 is 31.5 Å². The first-order valence-electron chi connectivity index (χ1n) is 18.9. The van der Waals surface area contributed by atoms with Crippen LogP contribution >= 0.6 is 11.3 Å². The molecule has 1 aliphatic rings. The van der Waals surface area contributed by atoms with Gasteiger partial charge in [-0.15, -0.1) is 11.3 Å². The normalized spacial score (nSPS) is 12.6. The van der Waals surface area contributed by atoms with Crippen LogP contribution in [0.4, 0.5) is 0 Å². The molecule has 262 valence electrons. The maximum atomic E-state index is 3.46. The van der Waals surface area contributed by atoms with Crippen molar-refractivity contribution in [3.63, 3.8) is 0 Å². The minimum Gasteiger partial charge on any atom is -0.135 e. The average Bonchev–Trinajstić information content (AvgIpc) is 3.78. The Labute approximate surface area is 328 Å². The van der Waals surface area contributed by atoms with E-state index >= 15 is 0 Å². The fourth-order valence-electron chi connectivity index (χ4n) is 8.45. The van der Waals surface area contributed by atoms with Crippen LogP contribution in [0.1, 0.15) is 29.2 Å². The SMILES string of the molecule is C=C/C=C\C.c1ccc(-c2ccc3sc4c(-c5ccc(C6(c7ccccc7)c7ccccc7-c7ccccc76)cc5)cc(-c5ccccc5)cc4c3c2)cc1. The van der Waals surface area contributed by atoms with E-state index in [4.69, 9.17) is 0 Å². The van der Waals surface area contributed by atoms with Crippen LogP contribution in [-0.2, 0) is 5.41 Å². The van der Waals surface area contributed by atoms with Crippen LogP contribution in [0.3, 0.4) is 0 Å². The number of allylic oxidation sites excluding steroid dienone is 3. The van der Waals surface area contributed by atoms with Gasteiger partial charge in [0.2, 0.25) is 0 Å². The van der Waals surface area contributed by atoms with Gasteiger partial charge in [-0.3, -0.25) is 0 Å². The van der Waals surface area contributed by atoms with Crippen LogP contribution < -0.4 is 0 Å². The Morgan fingerprint density at radius 2 is 0.945 bits per heavy atom. The predicted molar refractivity (Wildman–Crippen MR) is 238 cm³/mol. The number of thiophene rings is 1. The van der Waals surface area contributed by atoms with E-state index in [0.29, 0.717) is 0 Å². The van der Waals surface area contributed by atoms with Gasteiger partial charge in [-0.2, -0.15) is 0 Å². The molecule has 55 heavy (non-hydrogen) atoms. The Morgan fingerprint density at radius 3 is 1.53 bits per heavy atom. The molecule has 1 aromatic heterocycles. The Hall–Kier alpha value is -6.54. The van der Waals surface area contributed by atoms with Gasteiger partial charge in [0.25, 0.3) is 0 Å². The molecule has 1 heterocycles. The summed E-state index contributed by atoms with van der Waals surface area (Å²) in [6.45, 7) is 5.42. The molecule has 9 aromatic rings. The zero-order valence-electron chi connectivity index (χ0n) is 30.8. The molecule has 0 saturated heterocycles. The van der Waals surface area contributed by atoms with Crippen molar-refractivity contribution in [1.82, 2.24) is 0 Å². The van der Waals surface area contributed by atoms with Crippen LogP contribution in [-0.4, -0.2) is 0 Å². The second-order valence-electron chi connectivity index (χ2n) is 14.0. The van der Waals surface area contributed by atoms with Crippen LogP contribution in [0.15, 0.2) is 219 Å². The molecule has 10 rings (SSSR count). The van der Waals surface area contributed by atoms with Crippen molar-refractivity contribution in [2.45, 2.75) is 12.3 Å². The van der Waals surface area contributed by atoms with Crippen LogP contribution in [0.5, 0.6) is 0 Å². The molecule has 1 aliphatic carbocycles. The monoisotopic (exact) mass is 720 g/mol. The maximum absolute atomic E-state index is 3.46. The molecule has 0 fully saturated rings. The zero-order valence-corrected chi connectivity index (χ0v) is 31.6. The van der Waals surface area contributed by atoms with Crippen molar-refractivity contribution in [3.8, 4) is 44.5 Å². The molecule has 0 radical (unpaired) electrons. The van der Waals surface area contributed by atoms with Gasteiger partial charge in [-0.05, 0) is 92.4 Å². The van der Waals surface area contributed by atoms with Gasteiger partial charge in [0.05, 0.1) is 5.41 Å². The molecule has 0 amide bonds. The number of fused-ring (bicyclic) bond motifs is 6. The summed E-state index contributed by atoms with van der Waals surface area (Å²) in [5, 5.41) is 2.62. The fraction of sp³-hybridized carbons (Fsp3) is 0.0370. The fourth-order valence-corrected chi connectivity index (χ4v) is 9.65. The summed E-state index contributed by atoms with van der Waals surface area (Å²) in [7, 11) is 0. The Morgan fingerprint density at radius 1 is 0.436 bits per heavy atom. The molecule has 0 unspecified atom stereocenters. The summed E-state index contributed by atoms with van der Waals surface area (Å²) < 4.78 is 2.64. The highest BCUT2D eigenvalue weighted by Crippen LogP contribution is 2.56. The second-order valence-corrected chi connectivity index (χ2v) is 15.0. The molecule has 0 bridgehead atoms. The number of hydrogen-bond acceptors (Lipinski definition) is 1. The first-order chi connectivity index (χ1) is 27.2. The Balaban J connectivity index is 0.000000748. The lowest BCUT2D eigenvalue weighted by atomic mass is 9.67. The summed E-state index contributed by atoms with van der Waals surface area (Å²) in [5.74, 6) is 0. The van der Waals surface area contributed by atoms with Gasteiger partial charge < -0.3 is 0 Å². The molecular formula is C54H40S. The molecule has 0 aliphatic heterocycles. The van der Waals surface area contributed by atoms with Gasteiger partial charge in [-0.1, -0.05) is 195 Å². The van der Waals surface area contributed by atoms with E-state index in [1.165, 1.54) is 86.9 Å². The third-order valence-corrected chi connectivity index (χ3v) is 12.1. The van der Waals surface area contributed by atoms with Crippen LogP contribution in [0.2, 0.25) is 0 Å². The van der Waals surface area contributed by atoms with Gasteiger partial charge in [0, 0.05) is 25.7 Å². The molecule has 0 nitrogen and oxygen atoms in total. The maximum Gasteiger partial charge on any atom is 0.0713 e. The summed E-state index contributed by atoms with van der Waals surface area (Å²) in [6.07, 6.45) is 5.58. The quantitative estimate of drug-likeness (QED) is 0.150.